The Morgan fingerprint density at radius 3 is 1.58 bits per heavy atom. The van der Waals surface area contributed by atoms with Gasteiger partial charge in [0, 0.05) is 42.5 Å². The molecule has 0 saturated heterocycles. The molecule has 0 unspecified atom stereocenters. The van der Waals surface area contributed by atoms with Crippen molar-refractivity contribution in [2.24, 2.45) is 0 Å². The van der Waals surface area contributed by atoms with E-state index in [-0.39, 0.29) is 31.6 Å². The van der Waals surface area contributed by atoms with Gasteiger partial charge in [-0.15, -0.1) is 36.5 Å². The average Bonchev–Trinajstić information content (AvgIpc) is 3.14. The Morgan fingerprint density at radius 2 is 1.09 bits per heavy atom. The van der Waals surface area contributed by atoms with Gasteiger partial charge in [0.2, 0.25) is 0 Å². The van der Waals surface area contributed by atoms with Gasteiger partial charge in [-0.05, 0) is 49.8 Å². The Labute approximate surface area is 338 Å². The van der Waals surface area contributed by atoms with Gasteiger partial charge in [-0.3, -0.25) is 0 Å². The van der Waals surface area contributed by atoms with Gasteiger partial charge in [0.1, 0.15) is 11.5 Å². The Kier molecular flexibility index (Phi) is 17.5. The molecule has 4 heteroatoms. The first-order valence-electron chi connectivity index (χ1n) is 18.2. The molecule has 0 bridgehead atoms. The number of phenols is 1. The molecule has 0 aromatic heterocycles. The van der Waals surface area contributed by atoms with E-state index in [1.54, 1.807) is 0 Å². The van der Waals surface area contributed by atoms with Crippen LogP contribution in [-0.4, -0.2) is 18.3 Å². The first-order chi connectivity index (χ1) is 25.0. The average molecular weight is 867 g/mol. The minimum Gasteiger partial charge on any atom is -0.684 e. The van der Waals surface area contributed by atoms with Crippen molar-refractivity contribution < 1.29 is 35.7 Å². The van der Waals surface area contributed by atoms with E-state index in [0.29, 0.717) is 25.0 Å². The predicted molar refractivity (Wildman–Crippen MR) is 223 cm³/mol. The SMILES string of the molecule is Cc1ccc(OCCC[N-]c2c(C(C)C)cc(C)cc2C(C)C)c(-c2cccc(-c3ccccc3)c2O)c1.[CH2-]c1ccccc1.[CH2-]c1ccccc1.[Hf]. The number of rotatable bonds is 10. The zero-order valence-electron chi connectivity index (χ0n) is 32.3. The van der Waals surface area contributed by atoms with Gasteiger partial charge in [0.25, 0.3) is 0 Å². The van der Waals surface area contributed by atoms with E-state index in [9.17, 15) is 5.11 Å². The number of hydrogen-bond donors (Lipinski definition) is 1. The normalized spacial score (nSPS) is 10.3. The molecule has 6 aromatic carbocycles. The third kappa shape index (κ3) is 13.0. The number of benzene rings is 6. The number of aromatic hydroxyl groups is 1. The van der Waals surface area contributed by atoms with E-state index < -0.39 is 0 Å². The largest absolute Gasteiger partial charge is 0.684 e. The van der Waals surface area contributed by atoms with Crippen molar-refractivity contribution in [1.29, 1.82) is 0 Å². The van der Waals surface area contributed by atoms with E-state index in [1.807, 2.05) is 115 Å². The van der Waals surface area contributed by atoms with Gasteiger partial charge in [-0.1, -0.05) is 129 Å². The van der Waals surface area contributed by atoms with Crippen LogP contribution in [0.1, 0.15) is 79.3 Å². The molecule has 6 rings (SSSR count). The van der Waals surface area contributed by atoms with Gasteiger partial charge in [-0.2, -0.15) is 49.2 Å². The van der Waals surface area contributed by atoms with Crippen LogP contribution in [0.25, 0.3) is 27.6 Å². The Balaban J connectivity index is 0.000000418. The summed E-state index contributed by atoms with van der Waals surface area (Å²) in [5.74, 6) is 1.90. The van der Waals surface area contributed by atoms with Crippen LogP contribution in [0.4, 0.5) is 5.69 Å². The molecule has 0 amide bonds. The van der Waals surface area contributed by atoms with Crippen LogP contribution in [0, 0.1) is 27.7 Å². The molecule has 6 aromatic rings. The van der Waals surface area contributed by atoms with Crippen LogP contribution in [0.3, 0.4) is 0 Å². The maximum atomic E-state index is 11.2. The molecule has 0 aliphatic heterocycles. The van der Waals surface area contributed by atoms with Gasteiger partial charge in [0.05, 0.1) is 6.61 Å². The first kappa shape index (κ1) is 42.7. The van der Waals surface area contributed by atoms with E-state index in [4.69, 9.17) is 10.1 Å². The number of para-hydroxylation sites is 1. The van der Waals surface area contributed by atoms with Crippen molar-refractivity contribution in [2.45, 2.75) is 59.8 Å². The molecule has 0 radical (unpaired) electrons. The van der Waals surface area contributed by atoms with Crippen molar-refractivity contribution in [3.8, 4) is 33.8 Å². The molecule has 0 aliphatic rings. The molecule has 0 saturated carbocycles. The standard InChI is InChI=1S/C35H40NO2.2C7H7.Hf/c1-23(2)30-21-26(6)22-31(24(3)4)34(30)36-18-11-19-38-33-17-16-25(5)20-32(33)29-15-10-14-28(35(29)37)27-12-8-7-9-13-27;2*1-7-5-3-2-4-6-7;/h7-10,12-17,20-24,37H,11,18-19H2,1-6H3;2*2-6H,1H2;/q3*-1;. The van der Waals surface area contributed by atoms with Crippen LogP contribution in [-0.2, 0) is 25.8 Å². The number of nitrogens with zero attached hydrogens (tertiary/aromatic N) is 1. The number of hydrogen-bond acceptors (Lipinski definition) is 2. The Hall–Kier alpha value is -4.67. The molecule has 1 N–H and O–H groups in total. The molecule has 0 fully saturated rings. The zero-order valence-corrected chi connectivity index (χ0v) is 35.9. The summed E-state index contributed by atoms with van der Waals surface area (Å²) in [6, 6.07) is 46.3. The van der Waals surface area contributed by atoms with E-state index in [2.05, 4.69) is 79.7 Å². The van der Waals surface area contributed by atoms with Crippen LogP contribution < -0.4 is 4.74 Å². The van der Waals surface area contributed by atoms with Crippen molar-refractivity contribution in [1.82, 2.24) is 0 Å². The summed E-state index contributed by atoms with van der Waals surface area (Å²) in [5, 5.41) is 16.3. The minimum absolute atomic E-state index is 0. The van der Waals surface area contributed by atoms with Crippen LogP contribution in [0.5, 0.6) is 11.5 Å². The van der Waals surface area contributed by atoms with Gasteiger partial charge in [0.15, 0.2) is 0 Å². The summed E-state index contributed by atoms with van der Waals surface area (Å²) in [5.41, 5.74) is 11.8. The molecular formula is C49H54HfNO2-3. The van der Waals surface area contributed by atoms with Gasteiger partial charge >= 0.3 is 0 Å². The van der Waals surface area contributed by atoms with E-state index in [0.717, 1.165) is 56.8 Å². The molecule has 0 aliphatic carbocycles. The van der Waals surface area contributed by atoms with Gasteiger partial charge in [-0.25, -0.2) is 0 Å². The van der Waals surface area contributed by atoms with Crippen LogP contribution in [0.15, 0.2) is 140 Å². The first-order valence-corrected chi connectivity index (χ1v) is 18.2. The molecule has 53 heavy (non-hydrogen) atoms. The molecule has 274 valence electrons. The molecule has 3 nitrogen and oxygen atoms in total. The summed E-state index contributed by atoms with van der Waals surface area (Å²) in [4.78, 5) is 0. The fourth-order valence-electron chi connectivity index (χ4n) is 5.88. The fraction of sp³-hybridized carbons (Fsp3) is 0.224. The van der Waals surface area contributed by atoms with Crippen molar-refractivity contribution in [3.05, 3.63) is 192 Å². The quantitative estimate of drug-likeness (QED) is 0.0847. The molecule has 0 heterocycles. The summed E-state index contributed by atoms with van der Waals surface area (Å²) < 4.78 is 6.29. The second-order valence-corrected chi connectivity index (χ2v) is 13.7. The van der Waals surface area contributed by atoms with Crippen molar-refractivity contribution in [2.75, 3.05) is 13.2 Å². The maximum absolute atomic E-state index is 11.2. The zero-order chi connectivity index (χ0) is 37.5. The Morgan fingerprint density at radius 1 is 0.585 bits per heavy atom. The van der Waals surface area contributed by atoms with Crippen LogP contribution >= 0.6 is 0 Å². The number of aryl methyl sites for hydroxylation is 2. The Bertz CT molecular complexity index is 1890. The second-order valence-electron chi connectivity index (χ2n) is 13.7. The molecule has 0 atom stereocenters. The van der Waals surface area contributed by atoms with E-state index in [1.165, 1.54) is 16.7 Å². The predicted octanol–water partition coefficient (Wildman–Crippen LogP) is 13.8. The summed E-state index contributed by atoms with van der Waals surface area (Å²) >= 11 is 0. The smallest absolute Gasteiger partial charge is 0.131 e. The van der Waals surface area contributed by atoms with Crippen LogP contribution in [0.2, 0.25) is 0 Å². The summed E-state index contributed by atoms with van der Waals surface area (Å²) in [6.07, 6.45) is 0.812. The molecule has 0 spiro atoms. The molecular weight excluding hydrogens is 813 g/mol. The number of phenolic OH excluding ortho intramolecular Hbond substituents is 1. The third-order valence-electron chi connectivity index (χ3n) is 8.62. The topological polar surface area (TPSA) is 43.6 Å². The minimum atomic E-state index is 0. The second kappa shape index (κ2) is 21.8. The third-order valence-corrected chi connectivity index (χ3v) is 8.62. The summed E-state index contributed by atoms with van der Waals surface area (Å²) in [6.45, 7) is 21.9. The van der Waals surface area contributed by atoms with Crippen molar-refractivity contribution in [3.63, 3.8) is 0 Å². The monoisotopic (exact) mass is 868 g/mol. The van der Waals surface area contributed by atoms with E-state index >= 15 is 0 Å². The fourth-order valence-corrected chi connectivity index (χ4v) is 5.88. The number of ether oxygens (including phenoxy) is 1. The summed E-state index contributed by atoms with van der Waals surface area (Å²) in [7, 11) is 0. The van der Waals surface area contributed by atoms with Gasteiger partial charge < -0.3 is 15.2 Å². The maximum Gasteiger partial charge on any atom is 0.131 e. The van der Waals surface area contributed by atoms with Crippen molar-refractivity contribution >= 4 is 5.69 Å².